The number of rotatable bonds is 3. The Kier molecular flexibility index (Phi) is 6.26. The van der Waals surface area contributed by atoms with Gasteiger partial charge in [-0.1, -0.05) is 58.0 Å². The fourth-order valence-corrected chi connectivity index (χ4v) is 1.75. The zero-order valence-corrected chi connectivity index (χ0v) is 10.6. The molecule has 1 rings (SSSR count). The second kappa shape index (κ2) is 6.62. The van der Waals surface area contributed by atoms with Gasteiger partial charge in [0.15, 0.2) is 0 Å². The Morgan fingerprint density at radius 1 is 1.13 bits per heavy atom. The normalized spacial score (nSPS) is 12.7. The summed E-state index contributed by atoms with van der Waals surface area (Å²) in [5, 5.41) is 9.35. The molecule has 86 valence electrons. The quantitative estimate of drug-likeness (QED) is 0.802. The second-order valence-electron chi connectivity index (χ2n) is 4.30. The largest absolute Gasteiger partial charge is 0.393 e. The highest BCUT2D eigenvalue weighted by atomic mass is 16.3. The van der Waals surface area contributed by atoms with Gasteiger partial charge in [0.25, 0.3) is 0 Å². The van der Waals surface area contributed by atoms with Crippen molar-refractivity contribution in [3.8, 4) is 0 Å². The van der Waals surface area contributed by atoms with E-state index in [2.05, 4.69) is 26.0 Å². The zero-order valence-electron chi connectivity index (χ0n) is 10.6. The SMILES string of the molecule is CC.CC(O)CC(C)(C)c1ccccc1. The molecule has 1 heteroatoms. The van der Waals surface area contributed by atoms with Crippen molar-refractivity contribution in [2.45, 2.75) is 52.6 Å². The van der Waals surface area contributed by atoms with Crippen LogP contribution in [0.5, 0.6) is 0 Å². The molecule has 0 radical (unpaired) electrons. The van der Waals surface area contributed by atoms with Gasteiger partial charge in [-0.15, -0.1) is 0 Å². The molecule has 0 aliphatic carbocycles. The van der Waals surface area contributed by atoms with Gasteiger partial charge in [-0.25, -0.2) is 0 Å². The van der Waals surface area contributed by atoms with Crippen LogP contribution in [0.2, 0.25) is 0 Å². The van der Waals surface area contributed by atoms with E-state index in [0.717, 1.165) is 6.42 Å². The van der Waals surface area contributed by atoms with Crippen LogP contribution in [0.15, 0.2) is 30.3 Å². The molecule has 0 amide bonds. The molecule has 0 saturated carbocycles. The van der Waals surface area contributed by atoms with Crippen LogP contribution < -0.4 is 0 Å². The Morgan fingerprint density at radius 2 is 1.60 bits per heavy atom. The van der Waals surface area contributed by atoms with Crippen molar-refractivity contribution in [2.24, 2.45) is 0 Å². The summed E-state index contributed by atoms with van der Waals surface area (Å²) in [4.78, 5) is 0. The van der Waals surface area contributed by atoms with Gasteiger partial charge in [0.05, 0.1) is 6.10 Å². The monoisotopic (exact) mass is 208 g/mol. The van der Waals surface area contributed by atoms with Crippen molar-refractivity contribution >= 4 is 0 Å². The highest BCUT2D eigenvalue weighted by Gasteiger charge is 2.21. The minimum Gasteiger partial charge on any atom is -0.393 e. The highest BCUT2D eigenvalue weighted by Crippen LogP contribution is 2.27. The second-order valence-corrected chi connectivity index (χ2v) is 4.30. The lowest BCUT2D eigenvalue weighted by atomic mass is 9.80. The Hall–Kier alpha value is -0.820. The molecule has 1 unspecified atom stereocenters. The molecule has 0 bridgehead atoms. The van der Waals surface area contributed by atoms with Crippen LogP contribution in [0.1, 0.15) is 46.6 Å². The lowest BCUT2D eigenvalue weighted by Crippen LogP contribution is -2.22. The maximum atomic E-state index is 9.35. The van der Waals surface area contributed by atoms with Crippen molar-refractivity contribution in [1.82, 2.24) is 0 Å². The molecule has 0 spiro atoms. The summed E-state index contributed by atoms with van der Waals surface area (Å²) in [6.45, 7) is 10.2. The third-order valence-corrected chi connectivity index (χ3v) is 2.36. The van der Waals surface area contributed by atoms with Crippen molar-refractivity contribution in [3.05, 3.63) is 35.9 Å². The van der Waals surface area contributed by atoms with Gasteiger partial charge in [0.1, 0.15) is 0 Å². The van der Waals surface area contributed by atoms with Crippen molar-refractivity contribution in [1.29, 1.82) is 0 Å². The van der Waals surface area contributed by atoms with Crippen LogP contribution in [0, 0.1) is 0 Å². The Morgan fingerprint density at radius 3 is 2.00 bits per heavy atom. The summed E-state index contributed by atoms with van der Waals surface area (Å²) in [7, 11) is 0. The van der Waals surface area contributed by atoms with E-state index in [1.54, 1.807) is 0 Å². The summed E-state index contributed by atoms with van der Waals surface area (Å²) in [5.41, 5.74) is 1.35. The molecule has 1 aromatic rings. The molecule has 0 aromatic heterocycles. The maximum absolute atomic E-state index is 9.35. The van der Waals surface area contributed by atoms with Gasteiger partial charge in [-0.2, -0.15) is 0 Å². The molecular formula is C14H24O. The van der Waals surface area contributed by atoms with Crippen LogP contribution in [-0.4, -0.2) is 11.2 Å². The van der Waals surface area contributed by atoms with Gasteiger partial charge in [-0.3, -0.25) is 0 Å². The van der Waals surface area contributed by atoms with E-state index >= 15 is 0 Å². The van der Waals surface area contributed by atoms with Gasteiger partial charge < -0.3 is 5.11 Å². The molecule has 1 aromatic carbocycles. The predicted molar refractivity (Wildman–Crippen MR) is 67.1 cm³/mol. The van der Waals surface area contributed by atoms with Gasteiger partial charge in [-0.05, 0) is 24.3 Å². The first-order valence-corrected chi connectivity index (χ1v) is 5.76. The van der Waals surface area contributed by atoms with E-state index in [1.165, 1.54) is 5.56 Å². The summed E-state index contributed by atoms with van der Waals surface area (Å²) in [6.07, 6.45) is 0.562. The lowest BCUT2D eigenvalue weighted by Gasteiger charge is -2.26. The fraction of sp³-hybridized carbons (Fsp3) is 0.571. The molecule has 0 aliphatic heterocycles. The average Bonchev–Trinajstić information content (AvgIpc) is 2.20. The minimum atomic E-state index is -0.241. The Bertz CT molecular complexity index is 249. The lowest BCUT2D eigenvalue weighted by molar-refractivity contribution is 0.157. The number of aliphatic hydroxyl groups excluding tert-OH is 1. The van der Waals surface area contributed by atoms with Crippen molar-refractivity contribution < 1.29 is 5.11 Å². The molecular weight excluding hydrogens is 184 g/mol. The highest BCUT2D eigenvalue weighted by molar-refractivity contribution is 5.23. The molecule has 0 saturated heterocycles. The summed E-state index contributed by atoms with van der Waals surface area (Å²) in [6, 6.07) is 10.3. The fourth-order valence-electron chi connectivity index (χ4n) is 1.75. The third kappa shape index (κ3) is 4.98. The smallest absolute Gasteiger partial charge is 0.0520 e. The summed E-state index contributed by atoms with van der Waals surface area (Å²) in [5.74, 6) is 0. The summed E-state index contributed by atoms with van der Waals surface area (Å²) >= 11 is 0. The number of benzene rings is 1. The molecule has 0 heterocycles. The van der Waals surface area contributed by atoms with Gasteiger partial charge in [0, 0.05) is 0 Å². The zero-order chi connectivity index (χ0) is 11.9. The first-order chi connectivity index (χ1) is 7.02. The molecule has 0 fully saturated rings. The molecule has 1 atom stereocenters. The van der Waals surface area contributed by atoms with Crippen LogP contribution in [0.25, 0.3) is 0 Å². The van der Waals surface area contributed by atoms with Gasteiger partial charge >= 0.3 is 0 Å². The molecule has 15 heavy (non-hydrogen) atoms. The Labute approximate surface area is 94.2 Å². The first-order valence-electron chi connectivity index (χ1n) is 5.76. The molecule has 1 N–H and O–H groups in total. The van der Waals surface area contributed by atoms with Crippen LogP contribution in [0.4, 0.5) is 0 Å². The van der Waals surface area contributed by atoms with E-state index in [-0.39, 0.29) is 11.5 Å². The van der Waals surface area contributed by atoms with E-state index in [1.807, 2.05) is 39.0 Å². The molecule has 1 nitrogen and oxygen atoms in total. The standard InChI is InChI=1S/C12H18O.C2H6/c1-10(13)9-12(2,3)11-7-5-4-6-8-11;1-2/h4-8,10,13H,9H2,1-3H3;1-2H3. The number of hydrogen-bond acceptors (Lipinski definition) is 1. The van der Waals surface area contributed by atoms with E-state index in [4.69, 9.17) is 0 Å². The van der Waals surface area contributed by atoms with Crippen LogP contribution >= 0.6 is 0 Å². The van der Waals surface area contributed by atoms with E-state index in [0.29, 0.717) is 0 Å². The Balaban J connectivity index is 0.000000921. The predicted octanol–water partition coefficient (Wildman–Crippen LogP) is 3.76. The first kappa shape index (κ1) is 14.2. The number of aliphatic hydroxyl groups is 1. The van der Waals surface area contributed by atoms with E-state index < -0.39 is 0 Å². The number of hydrogen-bond donors (Lipinski definition) is 1. The summed E-state index contributed by atoms with van der Waals surface area (Å²) < 4.78 is 0. The third-order valence-electron chi connectivity index (χ3n) is 2.36. The van der Waals surface area contributed by atoms with Crippen LogP contribution in [0.3, 0.4) is 0 Å². The maximum Gasteiger partial charge on any atom is 0.0520 e. The van der Waals surface area contributed by atoms with Gasteiger partial charge in [0.2, 0.25) is 0 Å². The molecule has 0 aliphatic rings. The minimum absolute atomic E-state index is 0.0649. The van der Waals surface area contributed by atoms with Crippen molar-refractivity contribution in [2.75, 3.05) is 0 Å². The van der Waals surface area contributed by atoms with Crippen LogP contribution in [-0.2, 0) is 5.41 Å². The van der Waals surface area contributed by atoms with Crippen molar-refractivity contribution in [3.63, 3.8) is 0 Å². The average molecular weight is 208 g/mol. The topological polar surface area (TPSA) is 20.2 Å². The van der Waals surface area contributed by atoms with E-state index in [9.17, 15) is 5.11 Å².